The summed E-state index contributed by atoms with van der Waals surface area (Å²) in [6.07, 6.45) is 1.35. The van der Waals surface area contributed by atoms with Gasteiger partial charge in [0.15, 0.2) is 12.4 Å². The molecule has 4 rings (SSSR count). The van der Waals surface area contributed by atoms with Crippen molar-refractivity contribution >= 4 is 11.9 Å². The summed E-state index contributed by atoms with van der Waals surface area (Å²) in [7, 11) is 0. The van der Waals surface area contributed by atoms with Crippen molar-refractivity contribution in [2.24, 2.45) is 5.92 Å². The highest BCUT2D eigenvalue weighted by atomic mass is 19.1. The molecule has 1 saturated heterocycles. The summed E-state index contributed by atoms with van der Waals surface area (Å²) in [5.74, 6) is -0.925. The summed E-state index contributed by atoms with van der Waals surface area (Å²) in [5.41, 5.74) is 2.00. The van der Waals surface area contributed by atoms with Crippen LogP contribution in [0.4, 0.5) is 4.39 Å². The maximum absolute atomic E-state index is 13.1. The van der Waals surface area contributed by atoms with E-state index in [1.165, 1.54) is 24.3 Å². The first kappa shape index (κ1) is 19.8. The molecule has 3 aromatic rings. The summed E-state index contributed by atoms with van der Waals surface area (Å²) >= 11 is 0. The molecule has 0 bridgehead atoms. The summed E-state index contributed by atoms with van der Waals surface area (Å²) in [5, 5.41) is 4.01. The zero-order valence-corrected chi connectivity index (χ0v) is 16.3. The van der Waals surface area contributed by atoms with Crippen molar-refractivity contribution in [3.8, 4) is 11.3 Å². The van der Waals surface area contributed by atoms with Crippen LogP contribution in [0.2, 0.25) is 0 Å². The fourth-order valence-corrected chi connectivity index (χ4v) is 3.52. The predicted octanol–water partition coefficient (Wildman–Crippen LogP) is 4.08. The largest absolute Gasteiger partial charge is 0.457 e. The number of ether oxygens (including phenoxy) is 1. The quantitative estimate of drug-likeness (QED) is 0.595. The molecule has 2 heterocycles. The van der Waals surface area contributed by atoms with Crippen LogP contribution in [-0.4, -0.2) is 35.0 Å². The van der Waals surface area contributed by atoms with Crippen molar-refractivity contribution in [1.82, 2.24) is 10.1 Å². The zero-order chi connectivity index (χ0) is 20.9. The van der Waals surface area contributed by atoms with Crippen molar-refractivity contribution in [2.45, 2.75) is 19.4 Å². The lowest BCUT2D eigenvalue weighted by Gasteiger charge is -2.31. The van der Waals surface area contributed by atoms with Crippen LogP contribution >= 0.6 is 0 Å². The number of benzene rings is 2. The number of carbonyl (C=O) groups excluding carboxylic acids is 2. The molecule has 0 spiro atoms. The molecule has 1 aliphatic heterocycles. The number of carbonyl (C=O) groups is 2. The van der Waals surface area contributed by atoms with Gasteiger partial charge in [-0.2, -0.15) is 0 Å². The molecule has 2 aromatic carbocycles. The minimum absolute atomic E-state index is 0.0128. The Morgan fingerprint density at radius 2 is 1.90 bits per heavy atom. The van der Waals surface area contributed by atoms with Crippen LogP contribution < -0.4 is 0 Å². The van der Waals surface area contributed by atoms with E-state index in [2.05, 4.69) is 5.16 Å². The molecule has 0 N–H and O–H groups in total. The molecule has 1 atom stereocenters. The molecule has 1 aliphatic rings. The van der Waals surface area contributed by atoms with Crippen molar-refractivity contribution < 1.29 is 23.2 Å². The van der Waals surface area contributed by atoms with Crippen molar-refractivity contribution in [3.63, 3.8) is 0 Å². The molecular formula is C23H21FN2O4. The Balaban J connectivity index is 1.33. The first-order chi connectivity index (χ1) is 14.6. The molecule has 0 saturated carbocycles. The van der Waals surface area contributed by atoms with Crippen LogP contribution in [0.15, 0.2) is 65.2 Å². The number of amides is 1. The van der Waals surface area contributed by atoms with Crippen LogP contribution in [-0.2, 0) is 16.1 Å². The Hall–Kier alpha value is -3.48. The van der Waals surface area contributed by atoms with Gasteiger partial charge in [0.1, 0.15) is 11.5 Å². The Kier molecular flexibility index (Phi) is 5.88. The Bertz CT molecular complexity index is 1020. The van der Waals surface area contributed by atoms with E-state index in [0.29, 0.717) is 36.4 Å². The molecular weight excluding hydrogens is 387 g/mol. The van der Waals surface area contributed by atoms with Crippen LogP contribution in [0.3, 0.4) is 0 Å². The first-order valence-corrected chi connectivity index (χ1v) is 9.82. The summed E-state index contributed by atoms with van der Waals surface area (Å²) in [4.78, 5) is 26.8. The monoisotopic (exact) mass is 408 g/mol. The Labute approximate surface area is 173 Å². The molecule has 1 fully saturated rings. The highest BCUT2D eigenvalue weighted by molar-refractivity contribution is 5.94. The number of piperidine rings is 1. The SMILES string of the molecule is O=C(OCc1cc(-c2ccccc2)no1)C1CCCN(C(=O)c2ccc(F)cc2)C1. The van der Waals surface area contributed by atoms with Crippen molar-refractivity contribution in [3.05, 3.63) is 77.8 Å². The summed E-state index contributed by atoms with van der Waals surface area (Å²) in [6, 6.07) is 16.7. The smallest absolute Gasteiger partial charge is 0.311 e. The third-order valence-corrected chi connectivity index (χ3v) is 5.12. The predicted molar refractivity (Wildman–Crippen MR) is 107 cm³/mol. The van der Waals surface area contributed by atoms with E-state index in [1.807, 2.05) is 30.3 Å². The van der Waals surface area contributed by atoms with Gasteiger partial charge < -0.3 is 14.2 Å². The van der Waals surface area contributed by atoms with E-state index in [4.69, 9.17) is 9.26 Å². The van der Waals surface area contributed by atoms with Crippen molar-refractivity contribution in [1.29, 1.82) is 0 Å². The van der Waals surface area contributed by atoms with E-state index in [1.54, 1.807) is 11.0 Å². The average molecular weight is 408 g/mol. The number of halogens is 1. The molecule has 1 amide bonds. The van der Waals surface area contributed by atoms with Gasteiger partial charge >= 0.3 is 5.97 Å². The summed E-state index contributed by atoms with van der Waals surface area (Å²) < 4.78 is 23.8. The number of likely N-dealkylation sites (tertiary alicyclic amines) is 1. The lowest BCUT2D eigenvalue weighted by molar-refractivity contribution is -0.152. The first-order valence-electron chi connectivity index (χ1n) is 9.82. The standard InChI is InChI=1S/C23H21FN2O4/c24-19-10-8-17(9-11-19)22(27)26-12-4-7-18(14-26)23(28)29-15-20-13-21(25-30-20)16-5-2-1-3-6-16/h1-3,5-6,8-11,13,18H,4,7,12,14-15H2. The van der Waals surface area contributed by atoms with E-state index in [9.17, 15) is 14.0 Å². The van der Waals surface area contributed by atoms with Gasteiger partial charge in [-0.25, -0.2) is 4.39 Å². The zero-order valence-electron chi connectivity index (χ0n) is 16.3. The average Bonchev–Trinajstić information content (AvgIpc) is 3.27. The number of hydrogen-bond donors (Lipinski definition) is 0. The van der Waals surface area contributed by atoms with E-state index in [-0.39, 0.29) is 25.0 Å². The number of nitrogens with zero attached hydrogens (tertiary/aromatic N) is 2. The van der Waals surface area contributed by atoms with Gasteiger partial charge in [0.05, 0.1) is 5.92 Å². The highest BCUT2D eigenvalue weighted by Crippen LogP contribution is 2.22. The number of rotatable bonds is 5. The topological polar surface area (TPSA) is 72.6 Å². The van der Waals surface area contributed by atoms with Gasteiger partial charge in [0.25, 0.3) is 5.91 Å². The molecule has 0 aliphatic carbocycles. The molecule has 7 heteroatoms. The molecule has 1 unspecified atom stereocenters. The Morgan fingerprint density at radius 3 is 2.67 bits per heavy atom. The normalized spacial score (nSPS) is 16.3. The third-order valence-electron chi connectivity index (χ3n) is 5.12. The second-order valence-corrected chi connectivity index (χ2v) is 7.25. The lowest BCUT2D eigenvalue weighted by atomic mass is 9.97. The van der Waals surface area contributed by atoms with Crippen LogP contribution in [0.1, 0.15) is 29.0 Å². The minimum atomic E-state index is -0.403. The summed E-state index contributed by atoms with van der Waals surface area (Å²) in [6.45, 7) is 0.824. The third kappa shape index (κ3) is 4.56. The van der Waals surface area contributed by atoms with Gasteiger partial charge in [-0.1, -0.05) is 35.5 Å². The lowest BCUT2D eigenvalue weighted by Crippen LogP contribution is -2.42. The van der Waals surface area contributed by atoms with Gasteiger partial charge in [0, 0.05) is 30.3 Å². The number of hydrogen-bond acceptors (Lipinski definition) is 5. The van der Waals surface area contributed by atoms with E-state index < -0.39 is 11.7 Å². The fraction of sp³-hybridized carbons (Fsp3) is 0.261. The highest BCUT2D eigenvalue weighted by Gasteiger charge is 2.30. The second-order valence-electron chi connectivity index (χ2n) is 7.25. The molecule has 6 nitrogen and oxygen atoms in total. The van der Waals surface area contributed by atoms with Crippen LogP contribution in [0.25, 0.3) is 11.3 Å². The molecule has 154 valence electrons. The van der Waals surface area contributed by atoms with Gasteiger partial charge in [-0.15, -0.1) is 0 Å². The maximum Gasteiger partial charge on any atom is 0.311 e. The fourth-order valence-electron chi connectivity index (χ4n) is 3.52. The molecule has 1 aromatic heterocycles. The molecule has 30 heavy (non-hydrogen) atoms. The second kappa shape index (κ2) is 8.90. The van der Waals surface area contributed by atoms with Crippen LogP contribution in [0, 0.1) is 11.7 Å². The number of aromatic nitrogens is 1. The van der Waals surface area contributed by atoms with Gasteiger partial charge in [-0.3, -0.25) is 9.59 Å². The van der Waals surface area contributed by atoms with Crippen LogP contribution in [0.5, 0.6) is 0 Å². The maximum atomic E-state index is 13.1. The van der Waals surface area contributed by atoms with E-state index in [0.717, 1.165) is 5.56 Å². The minimum Gasteiger partial charge on any atom is -0.457 e. The van der Waals surface area contributed by atoms with Gasteiger partial charge in [-0.05, 0) is 37.1 Å². The number of esters is 1. The van der Waals surface area contributed by atoms with Crippen molar-refractivity contribution in [2.75, 3.05) is 13.1 Å². The van der Waals surface area contributed by atoms with E-state index >= 15 is 0 Å². The Morgan fingerprint density at radius 1 is 1.13 bits per heavy atom. The molecule has 0 radical (unpaired) electrons. The van der Waals surface area contributed by atoms with Gasteiger partial charge in [0.2, 0.25) is 0 Å².